The molecule has 1 fully saturated rings. The van der Waals surface area contributed by atoms with Crippen molar-refractivity contribution >= 4 is 17.7 Å². The molecule has 1 aliphatic heterocycles. The number of hydrogen-bond acceptors (Lipinski definition) is 2. The first kappa shape index (κ1) is 7.66. The fourth-order valence-electron chi connectivity index (χ4n) is 0.922. The van der Waals surface area contributed by atoms with Gasteiger partial charge in [0.1, 0.15) is 6.10 Å². The molecule has 58 valence electrons. The molecule has 0 unspecified atom stereocenters. The average Bonchev–Trinajstić information content (AvgIpc) is 2.14. The molecule has 1 heterocycles. The van der Waals surface area contributed by atoms with E-state index in [-0.39, 0.29) is 12.2 Å². The summed E-state index contributed by atoms with van der Waals surface area (Å²) in [6, 6.07) is 0. The minimum absolute atomic E-state index is 0.00926. The average molecular weight is 164 g/mol. The van der Waals surface area contributed by atoms with Gasteiger partial charge < -0.3 is 9.64 Å². The molecule has 0 aromatic rings. The Balaban J connectivity index is 2.34. The molecular formula is C6H10ClNO2. The number of rotatable bonds is 2. The molecule has 0 aromatic heterocycles. The molecule has 0 saturated carbocycles. The van der Waals surface area contributed by atoms with E-state index < -0.39 is 0 Å². The zero-order valence-corrected chi connectivity index (χ0v) is 6.60. The number of nitrogens with zero attached hydrogens (tertiary/aromatic N) is 1. The zero-order chi connectivity index (χ0) is 7.56. The van der Waals surface area contributed by atoms with E-state index in [2.05, 4.69) is 0 Å². The second-order valence-electron chi connectivity index (χ2n) is 2.36. The summed E-state index contributed by atoms with van der Waals surface area (Å²) in [6.45, 7) is 0.672. The van der Waals surface area contributed by atoms with E-state index in [1.54, 1.807) is 11.9 Å². The molecule has 0 aliphatic carbocycles. The van der Waals surface area contributed by atoms with Gasteiger partial charge in [-0.15, -0.1) is 11.6 Å². The van der Waals surface area contributed by atoms with Gasteiger partial charge in [0.25, 0.3) is 0 Å². The maximum atomic E-state index is 10.7. The van der Waals surface area contributed by atoms with Crippen LogP contribution in [0.1, 0.15) is 6.42 Å². The molecule has 4 heteroatoms. The highest BCUT2D eigenvalue weighted by Gasteiger charge is 2.27. The van der Waals surface area contributed by atoms with Crippen LogP contribution in [-0.2, 0) is 4.74 Å². The maximum absolute atomic E-state index is 10.7. The number of halogens is 1. The molecule has 0 radical (unpaired) electrons. The van der Waals surface area contributed by atoms with Gasteiger partial charge in [-0.2, -0.15) is 0 Å². The number of carbonyl (C=O) groups excluding carboxylic acids is 1. The molecule has 0 aromatic carbocycles. The molecule has 1 amide bonds. The first-order valence-electron chi connectivity index (χ1n) is 3.21. The molecule has 0 N–H and O–H groups in total. The highest BCUT2D eigenvalue weighted by atomic mass is 35.5. The lowest BCUT2D eigenvalue weighted by Crippen LogP contribution is -2.19. The molecular weight excluding hydrogens is 154 g/mol. The van der Waals surface area contributed by atoms with Crippen LogP contribution in [-0.4, -0.2) is 36.6 Å². The minimum Gasteiger partial charge on any atom is -0.444 e. The van der Waals surface area contributed by atoms with Gasteiger partial charge in [-0.05, 0) is 6.42 Å². The van der Waals surface area contributed by atoms with Gasteiger partial charge in [0.05, 0.1) is 6.54 Å². The van der Waals surface area contributed by atoms with E-state index in [9.17, 15) is 4.79 Å². The van der Waals surface area contributed by atoms with Gasteiger partial charge in [0.2, 0.25) is 0 Å². The number of cyclic esters (lactones) is 1. The Morgan fingerprint density at radius 2 is 2.60 bits per heavy atom. The smallest absolute Gasteiger partial charge is 0.409 e. The lowest BCUT2D eigenvalue weighted by molar-refractivity contribution is 0.133. The topological polar surface area (TPSA) is 29.5 Å². The van der Waals surface area contributed by atoms with Crippen molar-refractivity contribution in [2.24, 2.45) is 0 Å². The summed E-state index contributed by atoms with van der Waals surface area (Å²) < 4.78 is 4.92. The van der Waals surface area contributed by atoms with Gasteiger partial charge in [-0.3, -0.25) is 0 Å². The summed E-state index contributed by atoms with van der Waals surface area (Å²) in [5.74, 6) is 0.547. The number of alkyl halides is 1. The van der Waals surface area contributed by atoms with Gasteiger partial charge in [-0.25, -0.2) is 4.79 Å². The maximum Gasteiger partial charge on any atom is 0.409 e. The van der Waals surface area contributed by atoms with Gasteiger partial charge in [0, 0.05) is 12.9 Å². The van der Waals surface area contributed by atoms with Crippen LogP contribution < -0.4 is 0 Å². The van der Waals surface area contributed by atoms with E-state index in [0.717, 1.165) is 6.42 Å². The van der Waals surface area contributed by atoms with Crippen LogP contribution in [0, 0.1) is 0 Å². The lowest BCUT2D eigenvalue weighted by Gasteiger charge is -2.02. The summed E-state index contributed by atoms with van der Waals surface area (Å²) in [5.41, 5.74) is 0. The van der Waals surface area contributed by atoms with E-state index in [1.807, 2.05) is 0 Å². The van der Waals surface area contributed by atoms with Crippen LogP contribution in [0.3, 0.4) is 0 Å². The summed E-state index contributed by atoms with van der Waals surface area (Å²) in [5, 5.41) is 0. The second-order valence-corrected chi connectivity index (χ2v) is 2.74. The molecule has 1 saturated heterocycles. The van der Waals surface area contributed by atoms with Crippen molar-refractivity contribution in [3.63, 3.8) is 0 Å². The highest BCUT2D eigenvalue weighted by molar-refractivity contribution is 6.17. The van der Waals surface area contributed by atoms with Crippen molar-refractivity contribution in [1.82, 2.24) is 4.90 Å². The van der Waals surface area contributed by atoms with Gasteiger partial charge >= 0.3 is 6.09 Å². The number of ether oxygens (including phenoxy) is 1. The first-order chi connectivity index (χ1) is 4.74. The number of hydrogen-bond donors (Lipinski definition) is 0. The summed E-state index contributed by atoms with van der Waals surface area (Å²) in [6.07, 6.45) is 0.516. The standard InChI is InChI=1S/C6H10ClNO2/c1-8-4-5(2-3-7)10-6(8)9/h5H,2-4H2,1H3/t5-/m0/s1. The molecule has 10 heavy (non-hydrogen) atoms. The quantitative estimate of drug-likeness (QED) is 0.570. The van der Waals surface area contributed by atoms with Crippen molar-refractivity contribution in [1.29, 1.82) is 0 Å². The highest BCUT2D eigenvalue weighted by Crippen LogP contribution is 2.11. The van der Waals surface area contributed by atoms with Gasteiger partial charge in [0.15, 0.2) is 0 Å². The first-order valence-corrected chi connectivity index (χ1v) is 3.75. The molecule has 3 nitrogen and oxygen atoms in total. The van der Waals surface area contributed by atoms with Crippen LogP contribution in [0.5, 0.6) is 0 Å². The summed E-state index contributed by atoms with van der Waals surface area (Å²) in [4.78, 5) is 12.3. The van der Waals surface area contributed by atoms with Crippen molar-refractivity contribution in [3.05, 3.63) is 0 Å². The number of carbonyl (C=O) groups is 1. The third-order valence-electron chi connectivity index (χ3n) is 1.49. The monoisotopic (exact) mass is 163 g/mol. The fourth-order valence-corrected chi connectivity index (χ4v) is 1.17. The Morgan fingerprint density at radius 3 is 3.00 bits per heavy atom. The van der Waals surface area contributed by atoms with Crippen LogP contribution in [0.2, 0.25) is 0 Å². The predicted octanol–water partition coefficient (Wildman–Crippen LogP) is 1.07. The Hall–Kier alpha value is -0.440. The Labute approximate surface area is 64.9 Å². The third-order valence-corrected chi connectivity index (χ3v) is 1.71. The molecule has 0 bridgehead atoms. The van der Waals surface area contributed by atoms with Crippen molar-refractivity contribution < 1.29 is 9.53 Å². The summed E-state index contributed by atoms with van der Waals surface area (Å²) in [7, 11) is 1.72. The molecule has 1 atom stereocenters. The van der Waals surface area contributed by atoms with Crippen LogP contribution >= 0.6 is 11.6 Å². The Bertz CT molecular complexity index is 140. The SMILES string of the molecule is CN1C[C@H](CCCl)OC1=O. The summed E-state index contributed by atoms with van der Waals surface area (Å²) >= 11 is 5.47. The third kappa shape index (κ3) is 1.53. The predicted molar refractivity (Wildman–Crippen MR) is 38.2 cm³/mol. The molecule has 1 rings (SSSR count). The second kappa shape index (κ2) is 3.10. The number of amides is 1. The normalized spacial score (nSPS) is 25.2. The number of likely N-dealkylation sites (N-methyl/N-ethyl adjacent to an activating group) is 1. The van der Waals surface area contributed by atoms with Crippen molar-refractivity contribution in [2.45, 2.75) is 12.5 Å². The van der Waals surface area contributed by atoms with Crippen molar-refractivity contribution in [3.8, 4) is 0 Å². The van der Waals surface area contributed by atoms with E-state index in [4.69, 9.17) is 16.3 Å². The van der Waals surface area contributed by atoms with Crippen LogP contribution in [0.4, 0.5) is 4.79 Å². The lowest BCUT2D eigenvalue weighted by atomic mass is 10.3. The Morgan fingerprint density at radius 1 is 1.90 bits per heavy atom. The van der Waals surface area contributed by atoms with Crippen LogP contribution in [0.15, 0.2) is 0 Å². The fraction of sp³-hybridized carbons (Fsp3) is 0.833. The van der Waals surface area contributed by atoms with E-state index in [0.29, 0.717) is 12.4 Å². The largest absolute Gasteiger partial charge is 0.444 e. The zero-order valence-electron chi connectivity index (χ0n) is 5.84. The van der Waals surface area contributed by atoms with Crippen molar-refractivity contribution in [2.75, 3.05) is 19.5 Å². The molecule has 1 aliphatic rings. The van der Waals surface area contributed by atoms with Crippen LogP contribution in [0.25, 0.3) is 0 Å². The molecule has 0 spiro atoms. The van der Waals surface area contributed by atoms with E-state index in [1.165, 1.54) is 0 Å². The Kier molecular flexibility index (Phi) is 2.38. The van der Waals surface area contributed by atoms with E-state index >= 15 is 0 Å². The minimum atomic E-state index is -0.241. The van der Waals surface area contributed by atoms with Gasteiger partial charge in [-0.1, -0.05) is 0 Å².